The van der Waals surface area contributed by atoms with Crippen LogP contribution in [0.4, 0.5) is 0 Å². The number of rotatable bonds is 10. The van der Waals surface area contributed by atoms with E-state index in [4.69, 9.17) is 4.74 Å². The summed E-state index contributed by atoms with van der Waals surface area (Å²) in [5, 5.41) is 19.8. The van der Waals surface area contributed by atoms with Crippen LogP contribution in [0.15, 0.2) is 35.9 Å². The maximum absolute atomic E-state index is 12.2. The number of ether oxygens (including phenoxy) is 1. The molecule has 0 bridgehead atoms. The molecule has 31 heavy (non-hydrogen) atoms. The number of aliphatic hydroxyl groups is 1. The van der Waals surface area contributed by atoms with E-state index < -0.39 is 6.10 Å². The van der Waals surface area contributed by atoms with Crippen LogP contribution < -0.4 is 4.74 Å². The highest BCUT2D eigenvalue weighted by atomic mass is 16.5. The number of aliphatic hydroxyl groups excluding tert-OH is 1. The van der Waals surface area contributed by atoms with Crippen molar-refractivity contribution in [3.63, 3.8) is 0 Å². The molecule has 0 spiro atoms. The molecule has 172 valence electrons. The molecule has 1 aromatic rings. The lowest BCUT2D eigenvalue weighted by Gasteiger charge is -2.36. The average molecular weight is 429 g/mol. The largest absolute Gasteiger partial charge is 0.508 e. The standard InChI is InChI=1S/C27H40O4/c1-18(2)15-24(29)25(30)20(4)11-7-9-19(3)10-8-13-27(6)14-12-22-17-23(28)16-21(5)26(22)31-27/h7,10-11,16-18,20,24,28-29H,8-9,12-15H2,1-6H3/b11-7-,19-10+/t20?,24-,27-/m1/s1. The lowest BCUT2D eigenvalue weighted by Crippen LogP contribution is -2.36. The van der Waals surface area contributed by atoms with Gasteiger partial charge in [0, 0.05) is 5.92 Å². The molecular weight excluding hydrogens is 388 g/mol. The number of allylic oxidation sites excluding steroid dienone is 4. The van der Waals surface area contributed by atoms with Gasteiger partial charge < -0.3 is 14.9 Å². The van der Waals surface area contributed by atoms with E-state index >= 15 is 0 Å². The van der Waals surface area contributed by atoms with Gasteiger partial charge in [-0.05, 0) is 88.5 Å². The molecule has 1 aliphatic rings. The van der Waals surface area contributed by atoms with Gasteiger partial charge in [0.25, 0.3) is 0 Å². The third kappa shape index (κ3) is 7.53. The summed E-state index contributed by atoms with van der Waals surface area (Å²) in [6.45, 7) is 12.1. The Morgan fingerprint density at radius 3 is 2.68 bits per heavy atom. The number of benzene rings is 1. The second-order valence-electron chi connectivity index (χ2n) is 9.86. The lowest BCUT2D eigenvalue weighted by atomic mass is 9.87. The van der Waals surface area contributed by atoms with Gasteiger partial charge in [-0.2, -0.15) is 0 Å². The molecular formula is C27H40O4. The first-order valence-electron chi connectivity index (χ1n) is 11.6. The van der Waals surface area contributed by atoms with Crippen molar-refractivity contribution in [3.8, 4) is 11.5 Å². The maximum atomic E-state index is 12.2. The van der Waals surface area contributed by atoms with Gasteiger partial charge in [-0.1, -0.05) is 44.6 Å². The van der Waals surface area contributed by atoms with Crippen LogP contribution in [-0.4, -0.2) is 27.7 Å². The van der Waals surface area contributed by atoms with Gasteiger partial charge in [0.05, 0.1) is 0 Å². The zero-order chi connectivity index (χ0) is 23.2. The van der Waals surface area contributed by atoms with Crippen molar-refractivity contribution in [1.82, 2.24) is 0 Å². The quantitative estimate of drug-likeness (QED) is 0.444. The monoisotopic (exact) mass is 428 g/mol. The van der Waals surface area contributed by atoms with Crippen molar-refractivity contribution in [1.29, 1.82) is 0 Å². The molecule has 4 nitrogen and oxygen atoms in total. The van der Waals surface area contributed by atoms with Gasteiger partial charge in [-0.15, -0.1) is 0 Å². The normalized spacial score (nSPS) is 21.1. The van der Waals surface area contributed by atoms with E-state index in [0.717, 1.165) is 49.0 Å². The topological polar surface area (TPSA) is 66.8 Å². The summed E-state index contributed by atoms with van der Waals surface area (Å²) in [7, 11) is 0. The molecule has 4 heteroatoms. The molecule has 1 aromatic carbocycles. The van der Waals surface area contributed by atoms with E-state index in [1.165, 1.54) is 5.57 Å². The van der Waals surface area contributed by atoms with Gasteiger partial charge in [0.15, 0.2) is 5.78 Å². The van der Waals surface area contributed by atoms with Crippen LogP contribution in [0.2, 0.25) is 0 Å². The number of ketones is 1. The number of carbonyl (C=O) groups excluding carboxylic acids is 1. The SMILES string of the molecule is C/C(=C\CC[C@]1(C)CCc2cc(O)cc(C)c2O1)C/C=C\C(C)C(=O)[C@H](O)CC(C)C. The Morgan fingerprint density at radius 2 is 2.00 bits per heavy atom. The lowest BCUT2D eigenvalue weighted by molar-refractivity contribution is -0.130. The number of hydrogen-bond acceptors (Lipinski definition) is 4. The summed E-state index contributed by atoms with van der Waals surface area (Å²) >= 11 is 0. The third-order valence-electron chi connectivity index (χ3n) is 6.11. The fourth-order valence-electron chi connectivity index (χ4n) is 4.16. The highest BCUT2D eigenvalue weighted by Crippen LogP contribution is 2.39. The first kappa shape index (κ1) is 25.2. The highest BCUT2D eigenvalue weighted by Gasteiger charge is 2.32. The number of carbonyl (C=O) groups is 1. The number of aromatic hydroxyl groups is 1. The molecule has 0 amide bonds. The molecule has 1 aliphatic heterocycles. The maximum Gasteiger partial charge on any atom is 0.167 e. The predicted molar refractivity (Wildman–Crippen MR) is 127 cm³/mol. The van der Waals surface area contributed by atoms with Gasteiger partial charge in [-0.3, -0.25) is 4.79 Å². The molecule has 0 aromatic heterocycles. The molecule has 0 radical (unpaired) electrons. The summed E-state index contributed by atoms with van der Waals surface area (Å²) in [5.41, 5.74) is 3.14. The summed E-state index contributed by atoms with van der Waals surface area (Å²) < 4.78 is 6.36. The molecule has 3 atom stereocenters. The van der Waals surface area contributed by atoms with Crippen molar-refractivity contribution >= 4 is 5.78 Å². The Kier molecular flexibility index (Phi) is 8.93. The van der Waals surface area contributed by atoms with Crippen molar-refractivity contribution in [2.45, 2.75) is 91.8 Å². The minimum Gasteiger partial charge on any atom is -0.508 e. The molecule has 1 heterocycles. The molecule has 0 aliphatic carbocycles. The molecule has 1 unspecified atom stereocenters. The van der Waals surface area contributed by atoms with E-state index in [2.05, 4.69) is 19.9 Å². The van der Waals surface area contributed by atoms with Gasteiger partial charge in [0.2, 0.25) is 0 Å². The first-order valence-corrected chi connectivity index (χ1v) is 11.6. The fourth-order valence-corrected chi connectivity index (χ4v) is 4.16. The summed E-state index contributed by atoms with van der Waals surface area (Å²) in [4.78, 5) is 12.2. The number of phenolic OH excluding ortho intramolecular Hbond substituents is 1. The third-order valence-corrected chi connectivity index (χ3v) is 6.11. The van der Waals surface area contributed by atoms with E-state index in [9.17, 15) is 15.0 Å². The second kappa shape index (κ2) is 11.0. The van der Waals surface area contributed by atoms with Crippen LogP contribution >= 0.6 is 0 Å². The Bertz CT molecular complexity index is 821. The zero-order valence-electron chi connectivity index (χ0n) is 20.1. The van der Waals surface area contributed by atoms with Gasteiger partial charge >= 0.3 is 0 Å². The molecule has 0 fully saturated rings. The van der Waals surface area contributed by atoms with Crippen LogP contribution in [-0.2, 0) is 11.2 Å². The summed E-state index contributed by atoms with van der Waals surface area (Å²) in [5.74, 6) is 1.17. The number of phenols is 1. The first-order chi connectivity index (χ1) is 14.5. The van der Waals surface area contributed by atoms with Crippen LogP contribution in [0.5, 0.6) is 11.5 Å². The minimum absolute atomic E-state index is 0.0992. The zero-order valence-corrected chi connectivity index (χ0v) is 20.1. The van der Waals surface area contributed by atoms with Gasteiger partial charge in [-0.25, -0.2) is 0 Å². The molecule has 2 rings (SSSR count). The average Bonchev–Trinajstić information content (AvgIpc) is 2.67. The predicted octanol–water partition coefficient (Wildman–Crippen LogP) is 6.07. The minimum atomic E-state index is -0.870. The molecule has 0 saturated carbocycles. The molecule has 2 N–H and O–H groups in total. The smallest absolute Gasteiger partial charge is 0.167 e. The van der Waals surface area contributed by atoms with Crippen LogP contribution in [0.25, 0.3) is 0 Å². The summed E-state index contributed by atoms with van der Waals surface area (Å²) in [6.07, 6.45) is 10.4. The second-order valence-corrected chi connectivity index (χ2v) is 9.86. The fraction of sp³-hybridized carbons (Fsp3) is 0.593. The highest BCUT2D eigenvalue weighted by molar-refractivity contribution is 5.86. The van der Waals surface area contributed by atoms with E-state index in [1.54, 1.807) is 6.07 Å². The van der Waals surface area contributed by atoms with Gasteiger partial charge in [0.1, 0.15) is 23.2 Å². The Labute approximate surface area is 188 Å². The number of fused-ring (bicyclic) bond motifs is 1. The molecule has 0 saturated heterocycles. The summed E-state index contributed by atoms with van der Waals surface area (Å²) in [6, 6.07) is 3.57. The van der Waals surface area contributed by atoms with Crippen molar-refractivity contribution in [2.24, 2.45) is 11.8 Å². The number of Topliss-reactive ketones (excluding diaryl/α,β-unsaturated/α-hetero) is 1. The Morgan fingerprint density at radius 1 is 1.29 bits per heavy atom. The number of aryl methyl sites for hydroxylation is 2. The van der Waals surface area contributed by atoms with Crippen LogP contribution in [0.1, 0.15) is 77.8 Å². The van der Waals surface area contributed by atoms with E-state index in [0.29, 0.717) is 18.1 Å². The van der Waals surface area contributed by atoms with Crippen molar-refractivity contribution < 1.29 is 19.7 Å². The van der Waals surface area contributed by atoms with Crippen LogP contribution in [0.3, 0.4) is 0 Å². The van der Waals surface area contributed by atoms with Crippen LogP contribution in [0, 0.1) is 18.8 Å². The van der Waals surface area contributed by atoms with E-state index in [1.807, 2.05) is 45.9 Å². The van der Waals surface area contributed by atoms with Crippen molar-refractivity contribution in [3.05, 3.63) is 47.1 Å². The number of hydrogen-bond donors (Lipinski definition) is 2. The Hall–Kier alpha value is -2.07. The Balaban J connectivity index is 1.83. The van der Waals surface area contributed by atoms with Crippen molar-refractivity contribution in [2.75, 3.05) is 0 Å². The van der Waals surface area contributed by atoms with E-state index in [-0.39, 0.29) is 17.3 Å².